The zero-order valence-electron chi connectivity index (χ0n) is 24.2. The third kappa shape index (κ3) is 7.04. The Morgan fingerprint density at radius 3 is 2.76 bits per heavy atom. The van der Waals surface area contributed by atoms with Crippen molar-refractivity contribution in [3.05, 3.63) is 53.0 Å². The predicted molar refractivity (Wildman–Crippen MR) is 153 cm³/mol. The first kappa shape index (κ1) is 29.8. The molecule has 2 N–H and O–H groups in total. The number of nitrogens with zero attached hydrogens (tertiary/aromatic N) is 4. The number of carbonyl (C=O) groups is 1. The monoisotopic (exact) mass is 571 g/mol. The van der Waals surface area contributed by atoms with Crippen LogP contribution in [0, 0.1) is 5.82 Å². The minimum Gasteiger partial charge on any atom is -0.474 e. The minimum absolute atomic E-state index is 0.0113. The second-order valence-electron chi connectivity index (χ2n) is 11.4. The third-order valence-corrected chi connectivity index (χ3v) is 8.24. The van der Waals surface area contributed by atoms with Gasteiger partial charge in [0.15, 0.2) is 0 Å². The maximum Gasteiger partial charge on any atom is 0.241 e. The first-order chi connectivity index (χ1) is 19.9. The van der Waals surface area contributed by atoms with Crippen LogP contribution in [-0.4, -0.2) is 116 Å². The van der Waals surface area contributed by atoms with Crippen LogP contribution in [0.15, 0.2) is 30.3 Å². The number of aliphatic hydroxyl groups is 1. The van der Waals surface area contributed by atoms with Crippen molar-refractivity contribution in [3.63, 3.8) is 0 Å². The number of pyridine rings is 1. The number of hydrogen-bond acceptors (Lipinski definition) is 9. The summed E-state index contributed by atoms with van der Waals surface area (Å²) in [6, 6.07) is 8.61. The molecule has 5 rings (SSSR count). The summed E-state index contributed by atoms with van der Waals surface area (Å²) in [6.07, 6.45) is 0.451. The second kappa shape index (κ2) is 13.5. The number of nitrogens with one attached hydrogen (secondary N) is 1. The fourth-order valence-electron chi connectivity index (χ4n) is 6.05. The van der Waals surface area contributed by atoms with Crippen LogP contribution in [-0.2, 0) is 27.3 Å². The van der Waals surface area contributed by atoms with Gasteiger partial charge in [0.2, 0.25) is 11.8 Å². The smallest absolute Gasteiger partial charge is 0.241 e. The molecule has 41 heavy (non-hydrogen) atoms. The van der Waals surface area contributed by atoms with E-state index in [1.54, 1.807) is 24.1 Å². The lowest BCUT2D eigenvalue weighted by molar-refractivity contribution is -0.122. The quantitative estimate of drug-likeness (QED) is 0.463. The summed E-state index contributed by atoms with van der Waals surface area (Å²) < 4.78 is 30.5. The Balaban J connectivity index is 1.36. The second-order valence-corrected chi connectivity index (χ2v) is 11.4. The van der Waals surface area contributed by atoms with E-state index in [2.05, 4.69) is 27.0 Å². The normalized spacial score (nSPS) is 25.5. The first-order valence-electron chi connectivity index (χ1n) is 14.5. The van der Waals surface area contributed by atoms with Crippen molar-refractivity contribution in [1.82, 2.24) is 20.1 Å². The molecule has 0 unspecified atom stereocenters. The van der Waals surface area contributed by atoms with Crippen LogP contribution in [0.3, 0.4) is 0 Å². The molecule has 4 heterocycles. The van der Waals surface area contributed by atoms with Gasteiger partial charge in [-0.05, 0) is 49.6 Å². The molecule has 2 aromatic rings. The van der Waals surface area contributed by atoms with E-state index in [1.165, 1.54) is 12.1 Å². The van der Waals surface area contributed by atoms with Crippen LogP contribution in [0.5, 0.6) is 5.88 Å². The third-order valence-electron chi connectivity index (χ3n) is 8.24. The van der Waals surface area contributed by atoms with Gasteiger partial charge in [-0.25, -0.2) is 9.37 Å². The van der Waals surface area contributed by atoms with E-state index in [0.29, 0.717) is 50.1 Å². The molecule has 1 aromatic carbocycles. The number of morpholine rings is 1. The Bertz CT molecular complexity index is 1180. The lowest BCUT2D eigenvalue weighted by Gasteiger charge is -2.45. The van der Waals surface area contributed by atoms with Crippen molar-refractivity contribution in [1.29, 1.82) is 0 Å². The number of hydrogen-bond donors (Lipinski definition) is 2. The molecular formula is C30H42FN5O5. The zero-order chi connectivity index (χ0) is 28.9. The van der Waals surface area contributed by atoms with Crippen molar-refractivity contribution in [2.45, 2.75) is 51.0 Å². The van der Waals surface area contributed by atoms with E-state index in [1.807, 2.05) is 13.0 Å². The van der Waals surface area contributed by atoms with Gasteiger partial charge in [0, 0.05) is 45.4 Å². The summed E-state index contributed by atoms with van der Waals surface area (Å²) >= 11 is 0. The molecule has 2 fully saturated rings. The van der Waals surface area contributed by atoms with Crippen molar-refractivity contribution in [3.8, 4) is 5.88 Å². The number of fused-ring (bicyclic) bond motifs is 1. The van der Waals surface area contributed by atoms with Crippen molar-refractivity contribution >= 4 is 11.6 Å². The summed E-state index contributed by atoms with van der Waals surface area (Å²) in [7, 11) is 1.71. The molecule has 0 aliphatic carbocycles. The van der Waals surface area contributed by atoms with Crippen LogP contribution in [0.25, 0.3) is 0 Å². The predicted octanol–water partition coefficient (Wildman–Crippen LogP) is 1.43. The number of carbonyl (C=O) groups excluding carboxylic acids is 1. The van der Waals surface area contributed by atoms with E-state index in [-0.39, 0.29) is 49.0 Å². The fourth-order valence-corrected chi connectivity index (χ4v) is 6.05. The van der Waals surface area contributed by atoms with Gasteiger partial charge in [-0.1, -0.05) is 12.1 Å². The van der Waals surface area contributed by atoms with Crippen LogP contribution in [0.2, 0.25) is 0 Å². The summed E-state index contributed by atoms with van der Waals surface area (Å²) in [5.41, 5.74) is 2.76. The maximum absolute atomic E-state index is 14.0. The van der Waals surface area contributed by atoms with Gasteiger partial charge >= 0.3 is 0 Å². The van der Waals surface area contributed by atoms with E-state index in [0.717, 1.165) is 37.3 Å². The largest absolute Gasteiger partial charge is 0.474 e. The highest BCUT2D eigenvalue weighted by molar-refractivity contribution is 5.97. The number of anilines is 1. The Hall–Kier alpha value is -2.67. The van der Waals surface area contributed by atoms with Gasteiger partial charge in [0.25, 0.3) is 0 Å². The lowest BCUT2D eigenvalue weighted by Crippen LogP contribution is -2.63. The number of amides is 1. The molecule has 2 saturated heterocycles. The molecule has 4 atom stereocenters. The Morgan fingerprint density at radius 2 is 2.00 bits per heavy atom. The van der Waals surface area contributed by atoms with Crippen LogP contribution < -0.4 is 15.0 Å². The molecule has 10 nitrogen and oxygen atoms in total. The fraction of sp³-hybridized carbons (Fsp3) is 0.600. The van der Waals surface area contributed by atoms with Gasteiger partial charge < -0.3 is 29.5 Å². The number of halogens is 1. The molecule has 0 radical (unpaired) electrons. The van der Waals surface area contributed by atoms with E-state index in [9.17, 15) is 14.3 Å². The Labute approximate surface area is 241 Å². The molecule has 3 aliphatic rings. The van der Waals surface area contributed by atoms with Crippen molar-refractivity contribution < 1.29 is 28.5 Å². The average Bonchev–Trinajstić information content (AvgIpc) is 2.96. The summed E-state index contributed by atoms with van der Waals surface area (Å²) in [4.78, 5) is 25.2. The lowest BCUT2D eigenvalue weighted by atomic mass is 10.0. The van der Waals surface area contributed by atoms with Crippen molar-refractivity contribution in [2.24, 2.45) is 0 Å². The number of piperazine rings is 1. The van der Waals surface area contributed by atoms with Crippen LogP contribution in [0.1, 0.15) is 30.7 Å². The van der Waals surface area contributed by atoms with Crippen LogP contribution >= 0.6 is 0 Å². The summed E-state index contributed by atoms with van der Waals surface area (Å²) in [6.45, 7) is 9.62. The van der Waals surface area contributed by atoms with Crippen LogP contribution in [0.4, 0.5) is 10.1 Å². The number of methoxy groups -OCH3 is 1. The number of aliphatic hydroxyl groups excluding tert-OH is 1. The molecule has 1 amide bonds. The molecule has 0 saturated carbocycles. The number of ether oxygens (including phenoxy) is 3. The number of rotatable bonds is 9. The Kier molecular flexibility index (Phi) is 9.84. The average molecular weight is 572 g/mol. The summed E-state index contributed by atoms with van der Waals surface area (Å²) in [5.74, 6) is 0.0363. The first-order valence-corrected chi connectivity index (χ1v) is 14.5. The molecule has 0 bridgehead atoms. The van der Waals surface area contributed by atoms with E-state index < -0.39 is 0 Å². The van der Waals surface area contributed by atoms with Gasteiger partial charge in [-0.2, -0.15) is 0 Å². The van der Waals surface area contributed by atoms with Gasteiger partial charge in [-0.15, -0.1) is 0 Å². The standard InChI is InChI=1S/C30H42FN5O5/c1-20-13-35(25(12-32-20)14-34-8-9-40-19-26(34)18-39-3)15-29(38)36-21(2)17-41-30-28(36)11-23(27(16-37)33-30)10-22-4-6-24(31)7-5-22/h4-7,11,20-21,25-26,32,37H,8-10,12-19H2,1-3H3/t20-,21+,25-,26-/m1/s1. The number of aromatic nitrogens is 1. The highest BCUT2D eigenvalue weighted by atomic mass is 19.1. The van der Waals surface area contributed by atoms with E-state index in [4.69, 9.17) is 14.2 Å². The highest BCUT2D eigenvalue weighted by Gasteiger charge is 2.36. The maximum atomic E-state index is 14.0. The molecule has 3 aliphatic heterocycles. The van der Waals surface area contributed by atoms with Gasteiger partial charge in [0.05, 0.1) is 50.7 Å². The molecular weight excluding hydrogens is 529 g/mol. The zero-order valence-corrected chi connectivity index (χ0v) is 24.2. The Morgan fingerprint density at radius 1 is 1.20 bits per heavy atom. The van der Waals surface area contributed by atoms with Gasteiger partial charge in [-0.3, -0.25) is 14.6 Å². The van der Waals surface area contributed by atoms with E-state index >= 15 is 0 Å². The SMILES string of the molecule is COC[C@@H]1COCCN1C[C@H]1CN[C@H](C)CN1CC(=O)N1c2cc(Cc3ccc(F)cc3)c(CO)nc2OC[C@@H]1C. The molecule has 1 aromatic heterocycles. The topological polar surface area (TPSA) is 99.6 Å². The minimum atomic E-state index is -0.304. The highest BCUT2D eigenvalue weighted by Crippen LogP contribution is 2.35. The number of benzene rings is 1. The molecule has 224 valence electrons. The molecule has 11 heteroatoms. The van der Waals surface area contributed by atoms with Crippen molar-refractivity contribution in [2.75, 3.05) is 71.2 Å². The van der Waals surface area contributed by atoms with Gasteiger partial charge in [0.1, 0.15) is 18.1 Å². The summed E-state index contributed by atoms with van der Waals surface area (Å²) in [5, 5.41) is 13.6. The molecule has 0 spiro atoms.